The van der Waals surface area contributed by atoms with E-state index in [1.54, 1.807) is 36.4 Å². The molecule has 0 fully saturated rings. The van der Waals surface area contributed by atoms with E-state index in [0.717, 1.165) is 4.68 Å². The van der Waals surface area contributed by atoms with Crippen molar-refractivity contribution in [3.8, 4) is 11.5 Å². The summed E-state index contributed by atoms with van der Waals surface area (Å²) in [5, 5.41) is 2.92. The van der Waals surface area contributed by atoms with Crippen LogP contribution in [-0.2, 0) is 22.7 Å². The molecule has 9 heteroatoms. The van der Waals surface area contributed by atoms with E-state index >= 15 is 0 Å². The molecule has 8 nitrogen and oxygen atoms in total. The predicted octanol–water partition coefficient (Wildman–Crippen LogP) is 1.97. The molecule has 1 aliphatic rings. The second kappa shape index (κ2) is 7.51. The Hall–Kier alpha value is -3.07. The highest BCUT2D eigenvalue weighted by Crippen LogP contribution is 2.35. The fraction of sp³-hybridized carbons (Fsp3) is 0.211. The topological polar surface area (TPSA) is 99.6 Å². The van der Waals surface area contributed by atoms with Gasteiger partial charge < -0.3 is 14.2 Å². The Labute approximate surface area is 166 Å². The summed E-state index contributed by atoms with van der Waals surface area (Å²) in [6, 6.07) is 9.91. The minimum Gasteiger partial charge on any atom is -0.486 e. The molecule has 2 aromatic carbocycles. The van der Waals surface area contributed by atoms with Crippen LogP contribution in [-0.4, -0.2) is 29.0 Å². The van der Waals surface area contributed by atoms with Crippen molar-refractivity contribution in [1.82, 2.24) is 9.78 Å². The lowest BCUT2D eigenvalue weighted by molar-refractivity contribution is -0.146. The number of hydrogen-bond donors (Lipinski definition) is 1. The van der Waals surface area contributed by atoms with Crippen molar-refractivity contribution in [3.05, 3.63) is 67.1 Å². The number of ether oxygens (including phenoxy) is 3. The van der Waals surface area contributed by atoms with Crippen LogP contribution in [0, 0.1) is 0 Å². The number of esters is 1. The molecule has 0 bridgehead atoms. The third kappa shape index (κ3) is 3.53. The number of carbonyl (C=O) groups excluding carboxylic acids is 1. The van der Waals surface area contributed by atoms with E-state index < -0.39 is 23.6 Å². The zero-order chi connectivity index (χ0) is 19.7. The molecule has 1 aromatic heterocycles. The van der Waals surface area contributed by atoms with Gasteiger partial charge >= 0.3 is 5.97 Å². The Bertz CT molecular complexity index is 1180. The van der Waals surface area contributed by atoms with E-state index in [2.05, 4.69) is 21.0 Å². The fourth-order valence-electron chi connectivity index (χ4n) is 2.91. The SMILES string of the molecule is O=C(Cn1[nH]c(=O)c2ccccc2c1=O)OCc1cc2c(cc1Br)OCCO2. The molecule has 0 aliphatic carbocycles. The number of nitrogens with zero attached hydrogens (tertiary/aromatic N) is 1. The van der Waals surface area contributed by atoms with Gasteiger partial charge in [0.25, 0.3) is 11.1 Å². The van der Waals surface area contributed by atoms with Crippen molar-refractivity contribution in [3.63, 3.8) is 0 Å². The number of H-pyrrole nitrogens is 1. The Morgan fingerprint density at radius 1 is 1.11 bits per heavy atom. The smallest absolute Gasteiger partial charge is 0.328 e. The number of aromatic nitrogens is 2. The van der Waals surface area contributed by atoms with Crippen molar-refractivity contribution >= 4 is 32.7 Å². The van der Waals surface area contributed by atoms with Gasteiger partial charge in [0.15, 0.2) is 11.5 Å². The molecule has 0 radical (unpaired) electrons. The monoisotopic (exact) mass is 446 g/mol. The largest absolute Gasteiger partial charge is 0.486 e. The summed E-state index contributed by atoms with van der Waals surface area (Å²) in [5.74, 6) is 0.541. The zero-order valence-corrected chi connectivity index (χ0v) is 16.2. The summed E-state index contributed by atoms with van der Waals surface area (Å²) in [4.78, 5) is 36.8. The number of rotatable bonds is 4. The lowest BCUT2D eigenvalue weighted by Crippen LogP contribution is -2.32. The summed E-state index contributed by atoms with van der Waals surface area (Å²) in [7, 11) is 0. The van der Waals surface area contributed by atoms with Gasteiger partial charge in [-0.05, 0) is 24.3 Å². The molecular weight excluding hydrogens is 432 g/mol. The second-order valence-corrected chi connectivity index (χ2v) is 6.98. The van der Waals surface area contributed by atoms with Crippen LogP contribution in [0.15, 0.2) is 50.5 Å². The van der Waals surface area contributed by atoms with Gasteiger partial charge in [0.05, 0.1) is 10.8 Å². The minimum absolute atomic E-state index is 0.0252. The summed E-state index contributed by atoms with van der Waals surface area (Å²) in [6.45, 7) is 0.502. The molecule has 3 aromatic rings. The summed E-state index contributed by atoms with van der Waals surface area (Å²) in [6.07, 6.45) is 0. The van der Waals surface area contributed by atoms with Crippen LogP contribution in [0.5, 0.6) is 11.5 Å². The molecule has 0 saturated heterocycles. The molecule has 1 aliphatic heterocycles. The average molecular weight is 447 g/mol. The number of fused-ring (bicyclic) bond motifs is 2. The van der Waals surface area contributed by atoms with Crippen molar-refractivity contribution in [1.29, 1.82) is 0 Å². The van der Waals surface area contributed by atoms with Crippen LogP contribution in [0.2, 0.25) is 0 Å². The maximum absolute atomic E-state index is 12.5. The lowest BCUT2D eigenvalue weighted by atomic mass is 10.2. The highest BCUT2D eigenvalue weighted by Gasteiger charge is 2.16. The van der Waals surface area contributed by atoms with Crippen LogP contribution >= 0.6 is 15.9 Å². The van der Waals surface area contributed by atoms with Crippen LogP contribution in [0.3, 0.4) is 0 Å². The van der Waals surface area contributed by atoms with Crippen molar-refractivity contribution in [2.45, 2.75) is 13.2 Å². The van der Waals surface area contributed by atoms with E-state index in [-0.39, 0.29) is 17.4 Å². The van der Waals surface area contributed by atoms with Gasteiger partial charge in [-0.3, -0.25) is 19.5 Å². The first-order valence-corrected chi connectivity index (χ1v) is 9.28. The third-order valence-electron chi connectivity index (χ3n) is 4.27. The predicted molar refractivity (Wildman–Crippen MR) is 104 cm³/mol. The molecule has 28 heavy (non-hydrogen) atoms. The Kier molecular flexibility index (Phi) is 4.91. The van der Waals surface area contributed by atoms with Gasteiger partial charge in [0.1, 0.15) is 26.4 Å². The minimum atomic E-state index is -0.658. The van der Waals surface area contributed by atoms with Crippen LogP contribution in [0.25, 0.3) is 10.8 Å². The fourth-order valence-corrected chi connectivity index (χ4v) is 3.34. The molecule has 144 valence electrons. The normalized spacial score (nSPS) is 12.8. The Balaban J connectivity index is 1.50. The summed E-state index contributed by atoms with van der Waals surface area (Å²) < 4.78 is 17.9. The van der Waals surface area contributed by atoms with E-state index in [9.17, 15) is 14.4 Å². The number of carbonyl (C=O) groups is 1. The van der Waals surface area contributed by atoms with E-state index in [4.69, 9.17) is 14.2 Å². The van der Waals surface area contributed by atoms with E-state index in [0.29, 0.717) is 34.7 Å². The summed E-state index contributed by atoms with van der Waals surface area (Å²) >= 11 is 3.41. The number of hydrogen-bond acceptors (Lipinski definition) is 6. The summed E-state index contributed by atoms with van der Waals surface area (Å²) in [5.41, 5.74) is -0.220. The van der Waals surface area contributed by atoms with Crippen LogP contribution in [0.1, 0.15) is 5.56 Å². The molecule has 1 N–H and O–H groups in total. The molecule has 4 rings (SSSR count). The molecule has 0 spiro atoms. The molecule has 2 heterocycles. The van der Waals surface area contributed by atoms with E-state index in [1.165, 1.54) is 0 Å². The van der Waals surface area contributed by atoms with Gasteiger partial charge in [-0.1, -0.05) is 28.1 Å². The Morgan fingerprint density at radius 3 is 2.54 bits per heavy atom. The van der Waals surface area contributed by atoms with Gasteiger partial charge in [0.2, 0.25) is 0 Å². The molecular formula is C19H15BrN2O6. The lowest BCUT2D eigenvalue weighted by Gasteiger charge is -2.20. The number of benzene rings is 2. The van der Waals surface area contributed by atoms with Gasteiger partial charge in [-0.2, -0.15) is 0 Å². The highest BCUT2D eigenvalue weighted by molar-refractivity contribution is 9.10. The molecule has 0 amide bonds. The third-order valence-corrected chi connectivity index (χ3v) is 5.01. The van der Waals surface area contributed by atoms with Gasteiger partial charge in [-0.15, -0.1) is 0 Å². The molecule has 0 unspecified atom stereocenters. The molecule has 0 atom stereocenters. The van der Waals surface area contributed by atoms with Crippen molar-refractivity contribution < 1.29 is 19.0 Å². The Morgan fingerprint density at radius 2 is 1.79 bits per heavy atom. The first kappa shape index (κ1) is 18.3. The van der Waals surface area contributed by atoms with E-state index in [1.807, 2.05) is 0 Å². The standard InChI is InChI=1S/C19H15BrN2O6/c20-14-8-16-15(26-5-6-27-16)7-11(14)10-28-17(23)9-22-19(25)13-4-2-1-3-12(13)18(24)21-22/h1-4,7-8H,5-6,9-10H2,(H,21,24). The van der Waals surface area contributed by atoms with Crippen molar-refractivity contribution in [2.75, 3.05) is 13.2 Å². The highest BCUT2D eigenvalue weighted by atomic mass is 79.9. The van der Waals surface area contributed by atoms with Gasteiger partial charge in [0, 0.05) is 10.0 Å². The maximum atomic E-state index is 12.5. The van der Waals surface area contributed by atoms with Crippen LogP contribution in [0.4, 0.5) is 0 Å². The zero-order valence-electron chi connectivity index (χ0n) is 14.6. The number of aromatic amines is 1. The maximum Gasteiger partial charge on any atom is 0.328 e. The number of nitrogens with one attached hydrogen (secondary N) is 1. The first-order valence-electron chi connectivity index (χ1n) is 8.48. The first-order chi connectivity index (χ1) is 13.5. The second-order valence-electron chi connectivity index (χ2n) is 6.13. The molecule has 0 saturated carbocycles. The average Bonchev–Trinajstić information content (AvgIpc) is 2.70. The van der Waals surface area contributed by atoms with Crippen LogP contribution < -0.4 is 20.6 Å². The number of halogens is 1. The van der Waals surface area contributed by atoms with Crippen molar-refractivity contribution in [2.24, 2.45) is 0 Å². The quantitative estimate of drug-likeness (QED) is 0.614. The van der Waals surface area contributed by atoms with Gasteiger partial charge in [-0.25, -0.2) is 4.68 Å².